The average Bonchev–Trinajstić information content (AvgIpc) is 3.78. The molecule has 2 aromatic heterocycles. The summed E-state index contributed by atoms with van der Waals surface area (Å²) in [5.41, 5.74) is 9.61. The van der Waals surface area contributed by atoms with E-state index in [0.29, 0.717) is 0 Å². The normalized spacial score (nSPS) is 11.7. The summed E-state index contributed by atoms with van der Waals surface area (Å²) < 4.78 is 7.42. The first-order valence-corrected chi connectivity index (χ1v) is 17.3. The van der Waals surface area contributed by atoms with Crippen molar-refractivity contribution in [2.24, 2.45) is 0 Å². The minimum Gasteiger partial charge on any atom is -0.456 e. The molecule has 0 amide bonds. The van der Waals surface area contributed by atoms with Crippen molar-refractivity contribution < 1.29 is 4.42 Å². The van der Waals surface area contributed by atoms with Gasteiger partial charge in [-0.15, -0.1) is 11.3 Å². The molecule has 49 heavy (non-hydrogen) atoms. The van der Waals surface area contributed by atoms with E-state index in [1.807, 2.05) is 12.1 Å². The highest BCUT2D eigenvalue weighted by Crippen LogP contribution is 2.43. The molecule has 0 saturated carbocycles. The molecule has 0 saturated heterocycles. The van der Waals surface area contributed by atoms with E-state index < -0.39 is 0 Å². The van der Waals surface area contributed by atoms with Gasteiger partial charge in [0, 0.05) is 38.8 Å². The summed E-state index contributed by atoms with van der Waals surface area (Å²) in [4.78, 5) is 7.41. The molecule has 10 aromatic rings. The van der Waals surface area contributed by atoms with Gasteiger partial charge in [-0.05, 0) is 81.9 Å². The molecular formula is C45H28N2OS. The molecule has 0 unspecified atom stereocenters. The van der Waals surface area contributed by atoms with Crippen LogP contribution in [0.15, 0.2) is 174 Å². The van der Waals surface area contributed by atoms with Crippen LogP contribution in [0.25, 0.3) is 75.4 Å². The number of nitrogens with zero attached hydrogens (tertiary/aromatic N) is 2. The molecule has 4 heteroatoms. The average molecular weight is 645 g/mol. The summed E-state index contributed by atoms with van der Waals surface area (Å²) in [6, 6.07) is 60.2. The predicted molar refractivity (Wildman–Crippen MR) is 207 cm³/mol. The summed E-state index contributed by atoms with van der Waals surface area (Å²) in [7, 11) is 0. The molecule has 3 nitrogen and oxygen atoms in total. The third kappa shape index (κ3) is 4.61. The fourth-order valence-corrected chi connectivity index (χ4v) is 8.32. The Hall–Kier alpha value is -6.23. The fraction of sp³-hybridized carbons (Fsp3) is 0. The number of thiazole rings is 1. The first-order valence-electron chi connectivity index (χ1n) is 16.5. The highest BCUT2D eigenvalue weighted by atomic mass is 32.1. The molecule has 0 radical (unpaired) electrons. The van der Waals surface area contributed by atoms with E-state index >= 15 is 0 Å². The Morgan fingerprint density at radius 1 is 0.469 bits per heavy atom. The Balaban J connectivity index is 1.13. The number of furan rings is 1. The zero-order valence-corrected chi connectivity index (χ0v) is 27.2. The SMILES string of the molecule is c1ccc(-c2nc3ccc4ccc5ccc(N(c6ccccc6)c6ccc(-c7cccc8oc9ccccc9c78)cc6)cc5c4c3s2)cc1. The van der Waals surface area contributed by atoms with Crippen LogP contribution in [0.2, 0.25) is 0 Å². The first-order chi connectivity index (χ1) is 24.3. The van der Waals surface area contributed by atoms with E-state index in [9.17, 15) is 0 Å². The zero-order valence-electron chi connectivity index (χ0n) is 26.4. The number of benzene rings is 8. The largest absolute Gasteiger partial charge is 0.456 e. The predicted octanol–water partition coefficient (Wildman–Crippen LogP) is 13.3. The van der Waals surface area contributed by atoms with Gasteiger partial charge in [-0.2, -0.15) is 0 Å². The summed E-state index contributed by atoms with van der Waals surface area (Å²) in [6.07, 6.45) is 0. The van der Waals surface area contributed by atoms with E-state index in [-0.39, 0.29) is 0 Å². The Morgan fingerprint density at radius 2 is 1.14 bits per heavy atom. The van der Waals surface area contributed by atoms with Gasteiger partial charge in [0.05, 0.1) is 10.2 Å². The van der Waals surface area contributed by atoms with Gasteiger partial charge >= 0.3 is 0 Å². The van der Waals surface area contributed by atoms with Crippen LogP contribution in [-0.4, -0.2) is 4.98 Å². The standard InChI is InChI=1S/C45H28N2OS/c1-3-10-32(11-4-1)45-46-39-27-23-31-19-18-30-22-26-35(28-38(30)42(31)44(39)49-45)47(33-12-5-2-6-13-33)34-24-20-29(21-25-34)36-15-9-17-41-43(36)37-14-7-8-16-40(37)48-41/h1-28H. The molecule has 0 aliphatic heterocycles. The van der Waals surface area contributed by atoms with Crippen LogP contribution >= 0.6 is 11.3 Å². The molecule has 8 aromatic carbocycles. The lowest BCUT2D eigenvalue weighted by molar-refractivity contribution is 0.669. The number of rotatable bonds is 5. The van der Waals surface area contributed by atoms with Crippen molar-refractivity contribution in [3.05, 3.63) is 170 Å². The van der Waals surface area contributed by atoms with Gasteiger partial charge in [0.2, 0.25) is 0 Å². The molecule has 0 aliphatic carbocycles. The second-order valence-electron chi connectivity index (χ2n) is 12.4. The van der Waals surface area contributed by atoms with Crippen LogP contribution in [0.3, 0.4) is 0 Å². The van der Waals surface area contributed by atoms with Crippen LogP contribution in [-0.2, 0) is 0 Å². The van der Waals surface area contributed by atoms with Crippen molar-refractivity contribution >= 4 is 82.1 Å². The molecule has 0 spiro atoms. The number of anilines is 3. The Bertz CT molecular complexity index is 2820. The van der Waals surface area contributed by atoms with Crippen molar-refractivity contribution in [3.8, 4) is 21.7 Å². The van der Waals surface area contributed by atoms with E-state index in [0.717, 1.165) is 60.7 Å². The van der Waals surface area contributed by atoms with Gasteiger partial charge in [0.1, 0.15) is 16.2 Å². The summed E-state index contributed by atoms with van der Waals surface area (Å²) in [5.74, 6) is 0. The highest BCUT2D eigenvalue weighted by molar-refractivity contribution is 7.22. The second kappa shape index (κ2) is 11.2. The van der Waals surface area contributed by atoms with E-state index in [4.69, 9.17) is 9.40 Å². The molecule has 10 rings (SSSR count). The van der Waals surface area contributed by atoms with Gasteiger partial charge in [-0.3, -0.25) is 0 Å². The quantitative estimate of drug-likeness (QED) is 0.175. The molecule has 230 valence electrons. The van der Waals surface area contributed by atoms with Gasteiger partial charge in [0.15, 0.2) is 0 Å². The number of para-hydroxylation sites is 2. The summed E-state index contributed by atoms with van der Waals surface area (Å²) >= 11 is 1.77. The lowest BCUT2D eigenvalue weighted by Gasteiger charge is -2.26. The number of fused-ring (bicyclic) bond motifs is 8. The lowest BCUT2D eigenvalue weighted by Crippen LogP contribution is -2.09. The van der Waals surface area contributed by atoms with Crippen LogP contribution in [0.1, 0.15) is 0 Å². The van der Waals surface area contributed by atoms with Crippen molar-refractivity contribution in [1.82, 2.24) is 4.98 Å². The van der Waals surface area contributed by atoms with Gasteiger partial charge in [-0.25, -0.2) is 4.98 Å². The third-order valence-corrected chi connectivity index (χ3v) is 10.6. The maximum Gasteiger partial charge on any atom is 0.136 e. The number of aromatic nitrogens is 1. The third-order valence-electron chi connectivity index (χ3n) is 9.47. The van der Waals surface area contributed by atoms with Crippen molar-refractivity contribution in [2.75, 3.05) is 4.90 Å². The van der Waals surface area contributed by atoms with Crippen LogP contribution in [0, 0.1) is 0 Å². The van der Waals surface area contributed by atoms with Crippen LogP contribution in [0.5, 0.6) is 0 Å². The minimum atomic E-state index is 0.906. The molecule has 0 N–H and O–H groups in total. The van der Waals surface area contributed by atoms with Crippen molar-refractivity contribution in [2.45, 2.75) is 0 Å². The maximum absolute atomic E-state index is 6.20. The van der Waals surface area contributed by atoms with Crippen molar-refractivity contribution in [3.63, 3.8) is 0 Å². The molecule has 0 bridgehead atoms. The Labute approximate surface area is 286 Å². The monoisotopic (exact) mass is 644 g/mol. The topological polar surface area (TPSA) is 29.3 Å². The zero-order chi connectivity index (χ0) is 32.3. The molecule has 0 aliphatic rings. The number of hydrogen-bond acceptors (Lipinski definition) is 4. The smallest absolute Gasteiger partial charge is 0.136 e. The highest BCUT2D eigenvalue weighted by Gasteiger charge is 2.17. The Morgan fingerprint density at radius 3 is 2.00 bits per heavy atom. The lowest BCUT2D eigenvalue weighted by atomic mass is 9.98. The van der Waals surface area contributed by atoms with Crippen LogP contribution < -0.4 is 4.90 Å². The van der Waals surface area contributed by atoms with Gasteiger partial charge in [0.25, 0.3) is 0 Å². The maximum atomic E-state index is 6.20. The first kappa shape index (κ1) is 27.8. The van der Waals surface area contributed by atoms with Crippen molar-refractivity contribution in [1.29, 1.82) is 0 Å². The second-order valence-corrected chi connectivity index (χ2v) is 13.4. The van der Waals surface area contributed by atoms with E-state index in [2.05, 4.69) is 163 Å². The number of hydrogen-bond donors (Lipinski definition) is 0. The van der Waals surface area contributed by atoms with E-state index in [1.165, 1.54) is 31.8 Å². The molecule has 2 heterocycles. The summed E-state index contributed by atoms with van der Waals surface area (Å²) in [5, 5.41) is 8.23. The Kier molecular flexibility index (Phi) is 6.36. The van der Waals surface area contributed by atoms with E-state index in [1.54, 1.807) is 11.3 Å². The molecule has 0 fully saturated rings. The minimum absolute atomic E-state index is 0.906. The fourth-order valence-electron chi connectivity index (χ4n) is 7.18. The van der Waals surface area contributed by atoms with Gasteiger partial charge < -0.3 is 9.32 Å². The summed E-state index contributed by atoms with van der Waals surface area (Å²) in [6.45, 7) is 0. The molecular weight excluding hydrogens is 617 g/mol. The molecule has 0 atom stereocenters. The van der Waals surface area contributed by atoms with Crippen LogP contribution in [0.4, 0.5) is 17.1 Å². The van der Waals surface area contributed by atoms with Gasteiger partial charge in [-0.1, -0.05) is 115 Å².